The molecule has 0 aliphatic carbocycles. The predicted octanol–water partition coefficient (Wildman–Crippen LogP) is 3.13. The van der Waals surface area contributed by atoms with Crippen LogP contribution in [0.15, 0.2) is 71.6 Å². The van der Waals surface area contributed by atoms with Crippen molar-refractivity contribution in [1.82, 2.24) is 0 Å². The Balaban J connectivity index is 2.01. The van der Waals surface area contributed by atoms with Crippen molar-refractivity contribution in [2.24, 2.45) is 0 Å². The summed E-state index contributed by atoms with van der Waals surface area (Å²) < 4.78 is 27.8. The highest BCUT2D eigenvalue weighted by Crippen LogP contribution is 2.24. The molecule has 0 aliphatic heterocycles. The zero-order valence-corrected chi connectivity index (χ0v) is 12.5. The maximum absolute atomic E-state index is 12.6. The lowest BCUT2D eigenvalue weighted by atomic mass is 10.1. The van der Waals surface area contributed by atoms with E-state index in [1.807, 2.05) is 24.3 Å². The first-order valence-electron chi connectivity index (χ1n) is 6.80. The van der Waals surface area contributed by atoms with Crippen molar-refractivity contribution in [3.8, 4) is 0 Å². The van der Waals surface area contributed by atoms with Crippen LogP contribution in [-0.4, -0.2) is 13.5 Å². The lowest BCUT2D eigenvalue weighted by molar-refractivity contribution is 0.282. The van der Waals surface area contributed by atoms with Crippen LogP contribution in [0.1, 0.15) is 5.56 Å². The van der Waals surface area contributed by atoms with E-state index in [0.29, 0.717) is 11.1 Å². The van der Waals surface area contributed by atoms with Gasteiger partial charge in [0.15, 0.2) is 0 Å². The number of benzene rings is 3. The van der Waals surface area contributed by atoms with E-state index in [1.165, 1.54) is 0 Å². The van der Waals surface area contributed by atoms with Gasteiger partial charge >= 0.3 is 0 Å². The summed E-state index contributed by atoms with van der Waals surface area (Å²) in [5.74, 6) is 0. The van der Waals surface area contributed by atoms with Crippen LogP contribution in [0, 0.1) is 0 Å². The van der Waals surface area contributed by atoms with Crippen molar-refractivity contribution in [3.05, 3.63) is 72.3 Å². The second-order valence-electron chi connectivity index (χ2n) is 4.94. The summed E-state index contributed by atoms with van der Waals surface area (Å²) in [5.41, 5.74) is 1.19. The summed E-state index contributed by atoms with van der Waals surface area (Å²) in [6.07, 6.45) is 0. The molecule has 0 bridgehead atoms. The van der Waals surface area contributed by atoms with Crippen molar-refractivity contribution in [3.63, 3.8) is 0 Å². The molecule has 0 spiro atoms. The average molecular weight is 313 g/mol. The lowest BCUT2D eigenvalue weighted by Crippen LogP contribution is -2.13. The Morgan fingerprint density at radius 2 is 1.55 bits per heavy atom. The maximum atomic E-state index is 12.6. The number of fused-ring (bicyclic) bond motifs is 1. The fourth-order valence-corrected chi connectivity index (χ4v) is 3.61. The topological polar surface area (TPSA) is 66.4 Å². The molecule has 5 heteroatoms. The summed E-state index contributed by atoms with van der Waals surface area (Å²) in [5, 5.41) is 10.6. The number of aliphatic hydroxyl groups is 1. The minimum Gasteiger partial charge on any atom is -0.392 e. The molecule has 0 saturated carbocycles. The normalized spacial score (nSPS) is 11.5. The second kappa shape index (κ2) is 5.79. The number of hydrogen-bond donors (Lipinski definition) is 2. The van der Waals surface area contributed by atoms with Crippen LogP contribution >= 0.6 is 0 Å². The van der Waals surface area contributed by atoms with Gasteiger partial charge in [0.25, 0.3) is 10.0 Å². The SMILES string of the molecule is O=S(=O)(Nc1ccc(CO)cc1)c1cccc2ccccc12. The van der Waals surface area contributed by atoms with E-state index in [2.05, 4.69) is 4.72 Å². The van der Waals surface area contributed by atoms with Crippen molar-refractivity contribution >= 4 is 26.5 Å². The minimum atomic E-state index is -3.67. The Morgan fingerprint density at radius 3 is 2.27 bits per heavy atom. The van der Waals surface area contributed by atoms with Crippen LogP contribution in [0.5, 0.6) is 0 Å². The number of sulfonamides is 1. The summed E-state index contributed by atoms with van der Waals surface area (Å²) in [4.78, 5) is 0.247. The van der Waals surface area contributed by atoms with Crippen molar-refractivity contribution in [2.45, 2.75) is 11.5 Å². The van der Waals surface area contributed by atoms with Gasteiger partial charge in [-0.3, -0.25) is 4.72 Å². The van der Waals surface area contributed by atoms with Crippen LogP contribution in [-0.2, 0) is 16.6 Å². The lowest BCUT2D eigenvalue weighted by Gasteiger charge is -2.11. The predicted molar refractivity (Wildman–Crippen MR) is 87.1 cm³/mol. The van der Waals surface area contributed by atoms with Gasteiger partial charge in [0.2, 0.25) is 0 Å². The molecular formula is C17H15NO3S. The van der Waals surface area contributed by atoms with Gasteiger partial charge < -0.3 is 5.11 Å². The van der Waals surface area contributed by atoms with E-state index in [-0.39, 0.29) is 11.5 Å². The fourth-order valence-electron chi connectivity index (χ4n) is 2.32. The van der Waals surface area contributed by atoms with Crippen LogP contribution in [0.3, 0.4) is 0 Å². The van der Waals surface area contributed by atoms with E-state index in [9.17, 15) is 8.42 Å². The van der Waals surface area contributed by atoms with E-state index in [1.54, 1.807) is 42.5 Å². The molecule has 2 N–H and O–H groups in total. The Kier molecular flexibility index (Phi) is 3.83. The highest BCUT2D eigenvalue weighted by molar-refractivity contribution is 7.93. The summed E-state index contributed by atoms with van der Waals surface area (Å²) in [6, 6.07) is 19.2. The first-order valence-corrected chi connectivity index (χ1v) is 8.29. The molecule has 3 aromatic carbocycles. The van der Waals surface area contributed by atoms with E-state index in [4.69, 9.17) is 5.11 Å². The zero-order chi connectivity index (χ0) is 15.6. The Hall–Kier alpha value is -2.37. The molecule has 0 atom stereocenters. The molecule has 0 unspecified atom stereocenters. The molecule has 4 nitrogen and oxygen atoms in total. The standard InChI is InChI=1S/C17H15NO3S/c19-12-13-8-10-15(11-9-13)18-22(20,21)17-7-3-5-14-4-1-2-6-16(14)17/h1-11,18-19H,12H2. The zero-order valence-electron chi connectivity index (χ0n) is 11.7. The van der Waals surface area contributed by atoms with Crippen molar-refractivity contribution in [2.75, 3.05) is 4.72 Å². The molecule has 112 valence electrons. The number of aliphatic hydroxyl groups excluding tert-OH is 1. The Morgan fingerprint density at radius 1 is 0.864 bits per heavy atom. The molecule has 3 aromatic rings. The minimum absolute atomic E-state index is 0.0731. The Bertz CT molecular complexity index is 897. The molecule has 22 heavy (non-hydrogen) atoms. The smallest absolute Gasteiger partial charge is 0.262 e. The molecule has 0 amide bonds. The van der Waals surface area contributed by atoms with E-state index in [0.717, 1.165) is 10.9 Å². The third-order valence-electron chi connectivity index (χ3n) is 3.43. The number of anilines is 1. The summed E-state index contributed by atoms with van der Waals surface area (Å²) in [7, 11) is -3.67. The van der Waals surface area contributed by atoms with Gasteiger partial charge in [0.05, 0.1) is 11.5 Å². The van der Waals surface area contributed by atoms with Crippen molar-refractivity contribution in [1.29, 1.82) is 0 Å². The van der Waals surface area contributed by atoms with Gasteiger partial charge in [-0.2, -0.15) is 0 Å². The van der Waals surface area contributed by atoms with Crippen LogP contribution < -0.4 is 4.72 Å². The highest BCUT2D eigenvalue weighted by Gasteiger charge is 2.17. The van der Waals surface area contributed by atoms with Gasteiger partial charge in [-0.15, -0.1) is 0 Å². The van der Waals surface area contributed by atoms with Crippen LogP contribution in [0.25, 0.3) is 10.8 Å². The number of hydrogen-bond acceptors (Lipinski definition) is 3. The maximum Gasteiger partial charge on any atom is 0.262 e. The van der Waals surface area contributed by atoms with Gasteiger partial charge in [-0.25, -0.2) is 8.42 Å². The van der Waals surface area contributed by atoms with Crippen molar-refractivity contribution < 1.29 is 13.5 Å². The molecule has 0 fully saturated rings. The second-order valence-corrected chi connectivity index (χ2v) is 6.59. The number of rotatable bonds is 4. The van der Waals surface area contributed by atoms with Crippen LogP contribution in [0.4, 0.5) is 5.69 Å². The molecule has 3 rings (SSSR count). The van der Waals surface area contributed by atoms with E-state index >= 15 is 0 Å². The first kappa shape index (κ1) is 14.6. The van der Waals surface area contributed by atoms with E-state index < -0.39 is 10.0 Å². The first-order chi connectivity index (χ1) is 10.6. The largest absolute Gasteiger partial charge is 0.392 e. The molecular weight excluding hydrogens is 298 g/mol. The quantitative estimate of drug-likeness (QED) is 0.777. The third-order valence-corrected chi connectivity index (χ3v) is 4.87. The molecule has 0 aromatic heterocycles. The number of nitrogens with one attached hydrogen (secondary N) is 1. The molecule has 0 radical (unpaired) electrons. The molecule has 0 heterocycles. The van der Waals surface area contributed by atoms with Gasteiger partial charge in [-0.1, -0.05) is 48.5 Å². The van der Waals surface area contributed by atoms with Crippen LogP contribution in [0.2, 0.25) is 0 Å². The average Bonchev–Trinajstić information content (AvgIpc) is 2.54. The third kappa shape index (κ3) is 2.81. The molecule has 0 aliphatic rings. The summed E-state index contributed by atoms with van der Waals surface area (Å²) >= 11 is 0. The van der Waals surface area contributed by atoms with Gasteiger partial charge in [0, 0.05) is 11.1 Å². The highest BCUT2D eigenvalue weighted by atomic mass is 32.2. The Labute approximate surface area is 129 Å². The monoisotopic (exact) mass is 313 g/mol. The fraction of sp³-hybridized carbons (Fsp3) is 0.0588. The summed E-state index contributed by atoms with van der Waals surface area (Å²) in [6.45, 7) is -0.0731. The van der Waals surface area contributed by atoms with Gasteiger partial charge in [0.1, 0.15) is 0 Å². The van der Waals surface area contributed by atoms with Gasteiger partial charge in [-0.05, 0) is 29.1 Å². The molecule has 0 saturated heterocycles.